The summed E-state index contributed by atoms with van der Waals surface area (Å²) in [7, 11) is 6.14. The van der Waals surface area contributed by atoms with E-state index in [1.54, 1.807) is 0 Å². The molecule has 1 rings (SSSR count). The molecule has 0 aliphatic carbocycles. The third-order valence-electron chi connectivity index (χ3n) is 2.77. The van der Waals surface area contributed by atoms with Gasteiger partial charge in [0.05, 0.1) is 5.69 Å². The van der Waals surface area contributed by atoms with Crippen molar-refractivity contribution in [3.8, 4) is 0 Å². The number of nitrogens with zero attached hydrogens (tertiary/aromatic N) is 4. The molecule has 0 spiro atoms. The van der Waals surface area contributed by atoms with Crippen molar-refractivity contribution >= 4 is 11.8 Å². The highest BCUT2D eigenvalue weighted by molar-refractivity contribution is 5.44. The van der Waals surface area contributed by atoms with Crippen molar-refractivity contribution < 1.29 is 0 Å². The van der Waals surface area contributed by atoms with E-state index in [4.69, 9.17) is 5.73 Å². The first kappa shape index (κ1) is 14.7. The Bertz CT molecular complexity index is 395. The van der Waals surface area contributed by atoms with Crippen LogP contribution in [0.2, 0.25) is 0 Å². The summed E-state index contributed by atoms with van der Waals surface area (Å²) in [6, 6.07) is 2.02. The number of anilines is 2. The second-order valence-electron chi connectivity index (χ2n) is 5.94. The van der Waals surface area contributed by atoms with E-state index in [1.165, 1.54) is 0 Å². The molecular formula is C13H25N5. The Hall–Kier alpha value is -1.36. The molecule has 5 nitrogen and oxygen atoms in total. The summed E-state index contributed by atoms with van der Waals surface area (Å²) in [5.41, 5.74) is 6.74. The number of aromatic nitrogens is 2. The Balaban J connectivity index is 2.92. The lowest BCUT2D eigenvalue weighted by molar-refractivity contribution is 0.416. The molecule has 0 fully saturated rings. The quantitative estimate of drug-likeness (QED) is 0.875. The standard InChI is InChI=1S/C13H25N5/c1-13(2,3)10-9-11(16-12(14)15-10)18(6)8-7-17(4)5/h9H,7-8H2,1-6H3,(H2,14,15,16). The summed E-state index contributed by atoms with van der Waals surface area (Å²) >= 11 is 0. The maximum absolute atomic E-state index is 5.79. The Morgan fingerprint density at radius 2 is 1.72 bits per heavy atom. The van der Waals surface area contributed by atoms with Gasteiger partial charge in [-0.25, -0.2) is 4.98 Å². The van der Waals surface area contributed by atoms with E-state index >= 15 is 0 Å². The van der Waals surface area contributed by atoms with E-state index in [9.17, 15) is 0 Å². The lowest BCUT2D eigenvalue weighted by Gasteiger charge is -2.24. The van der Waals surface area contributed by atoms with Crippen LogP contribution in [0.1, 0.15) is 26.5 Å². The van der Waals surface area contributed by atoms with E-state index < -0.39 is 0 Å². The Labute approximate surface area is 110 Å². The van der Waals surface area contributed by atoms with Crippen molar-refractivity contribution in [2.75, 3.05) is 44.9 Å². The predicted octanol–water partition coefficient (Wildman–Crippen LogP) is 1.35. The monoisotopic (exact) mass is 251 g/mol. The van der Waals surface area contributed by atoms with Crippen LogP contribution in [-0.4, -0.2) is 49.1 Å². The van der Waals surface area contributed by atoms with E-state index in [1.807, 2.05) is 13.1 Å². The Morgan fingerprint density at radius 3 is 2.22 bits per heavy atom. The zero-order chi connectivity index (χ0) is 13.9. The van der Waals surface area contributed by atoms with Crippen LogP contribution in [0.25, 0.3) is 0 Å². The first-order valence-electron chi connectivity index (χ1n) is 6.21. The minimum Gasteiger partial charge on any atom is -0.368 e. The number of likely N-dealkylation sites (N-methyl/N-ethyl adjacent to an activating group) is 2. The number of rotatable bonds is 4. The van der Waals surface area contributed by atoms with Gasteiger partial charge < -0.3 is 15.5 Å². The van der Waals surface area contributed by atoms with Crippen LogP contribution < -0.4 is 10.6 Å². The first-order chi connectivity index (χ1) is 8.20. The molecular weight excluding hydrogens is 226 g/mol. The fraction of sp³-hybridized carbons (Fsp3) is 0.692. The average Bonchev–Trinajstić information content (AvgIpc) is 2.23. The largest absolute Gasteiger partial charge is 0.368 e. The number of hydrogen-bond acceptors (Lipinski definition) is 5. The van der Waals surface area contributed by atoms with Crippen LogP contribution in [-0.2, 0) is 5.41 Å². The second kappa shape index (κ2) is 5.52. The average molecular weight is 251 g/mol. The molecule has 0 saturated carbocycles. The summed E-state index contributed by atoms with van der Waals surface area (Å²) in [5, 5.41) is 0. The van der Waals surface area contributed by atoms with Gasteiger partial charge in [-0.15, -0.1) is 0 Å². The zero-order valence-electron chi connectivity index (χ0n) is 12.4. The zero-order valence-corrected chi connectivity index (χ0v) is 12.4. The highest BCUT2D eigenvalue weighted by Crippen LogP contribution is 2.23. The van der Waals surface area contributed by atoms with Gasteiger partial charge in [0.1, 0.15) is 5.82 Å². The smallest absolute Gasteiger partial charge is 0.222 e. The normalized spacial score (nSPS) is 11.9. The molecule has 1 aromatic rings. The fourth-order valence-corrected chi connectivity index (χ4v) is 1.50. The van der Waals surface area contributed by atoms with Crippen molar-refractivity contribution in [2.24, 2.45) is 0 Å². The fourth-order valence-electron chi connectivity index (χ4n) is 1.50. The van der Waals surface area contributed by atoms with Gasteiger partial charge in [-0.05, 0) is 14.1 Å². The molecule has 0 radical (unpaired) electrons. The number of hydrogen-bond donors (Lipinski definition) is 1. The van der Waals surface area contributed by atoms with Gasteiger partial charge in [0.15, 0.2) is 0 Å². The van der Waals surface area contributed by atoms with Gasteiger partial charge >= 0.3 is 0 Å². The van der Waals surface area contributed by atoms with Crippen LogP contribution in [0, 0.1) is 0 Å². The van der Waals surface area contributed by atoms with Gasteiger partial charge in [0.25, 0.3) is 0 Å². The summed E-state index contributed by atoms with van der Waals surface area (Å²) in [6.45, 7) is 8.26. The third-order valence-corrected chi connectivity index (χ3v) is 2.77. The maximum atomic E-state index is 5.79. The molecule has 102 valence electrons. The van der Waals surface area contributed by atoms with Crippen LogP contribution in [0.15, 0.2) is 6.07 Å². The molecule has 5 heteroatoms. The second-order valence-corrected chi connectivity index (χ2v) is 5.94. The highest BCUT2D eigenvalue weighted by atomic mass is 15.2. The lowest BCUT2D eigenvalue weighted by Crippen LogP contribution is -2.29. The molecule has 0 aliphatic rings. The van der Waals surface area contributed by atoms with Crippen LogP contribution in [0.3, 0.4) is 0 Å². The molecule has 0 atom stereocenters. The maximum Gasteiger partial charge on any atom is 0.222 e. The van der Waals surface area contributed by atoms with Crippen molar-refractivity contribution in [3.05, 3.63) is 11.8 Å². The van der Waals surface area contributed by atoms with Gasteiger partial charge in [-0.3, -0.25) is 0 Å². The van der Waals surface area contributed by atoms with Gasteiger partial charge in [-0.2, -0.15) is 4.98 Å². The van der Waals surface area contributed by atoms with E-state index in [0.717, 1.165) is 24.6 Å². The van der Waals surface area contributed by atoms with Crippen molar-refractivity contribution in [1.29, 1.82) is 0 Å². The molecule has 1 aromatic heterocycles. The summed E-state index contributed by atoms with van der Waals surface area (Å²) in [4.78, 5) is 12.9. The Kier molecular flexibility index (Phi) is 4.51. The van der Waals surface area contributed by atoms with E-state index in [2.05, 4.69) is 54.6 Å². The molecule has 0 aromatic carbocycles. The molecule has 0 bridgehead atoms. The van der Waals surface area contributed by atoms with Crippen molar-refractivity contribution in [1.82, 2.24) is 14.9 Å². The first-order valence-corrected chi connectivity index (χ1v) is 6.21. The van der Waals surface area contributed by atoms with Gasteiger partial charge in [0.2, 0.25) is 5.95 Å². The minimum atomic E-state index is -0.0196. The third kappa shape index (κ3) is 4.14. The molecule has 1 heterocycles. The summed E-state index contributed by atoms with van der Waals surface area (Å²) in [6.07, 6.45) is 0. The summed E-state index contributed by atoms with van der Waals surface area (Å²) in [5.74, 6) is 1.23. The number of nitrogens with two attached hydrogens (primary N) is 1. The summed E-state index contributed by atoms with van der Waals surface area (Å²) < 4.78 is 0. The molecule has 0 aliphatic heterocycles. The van der Waals surface area contributed by atoms with E-state index in [-0.39, 0.29) is 5.41 Å². The van der Waals surface area contributed by atoms with Gasteiger partial charge in [0, 0.05) is 31.6 Å². The molecule has 2 N–H and O–H groups in total. The van der Waals surface area contributed by atoms with Crippen LogP contribution in [0.5, 0.6) is 0 Å². The van der Waals surface area contributed by atoms with Crippen LogP contribution in [0.4, 0.5) is 11.8 Å². The minimum absolute atomic E-state index is 0.0196. The SMILES string of the molecule is CN(C)CCN(C)c1cc(C(C)(C)C)nc(N)n1. The van der Waals surface area contributed by atoms with Crippen LogP contribution >= 0.6 is 0 Å². The topological polar surface area (TPSA) is 58.3 Å². The van der Waals surface area contributed by atoms with Gasteiger partial charge in [-0.1, -0.05) is 20.8 Å². The van der Waals surface area contributed by atoms with E-state index in [0.29, 0.717) is 5.95 Å². The lowest BCUT2D eigenvalue weighted by atomic mass is 9.92. The highest BCUT2D eigenvalue weighted by Gasteiger charge is 2.18. The molecule has 0 amide bonds. The predicted molar refractivity (Wildman–Crippen MR) is 77.0 cm³/mol. The molecule has 0 saturated heterocycles. The molecule has 18 heavy (non-hydrogen) atoms. The molecule has 0 unspecified atom stereocenters. The number of nitrogen functional groups attached to an aromatic ring is 1. The Morgan fingerprint density at radius 1 is 1.11 bits per heavy atom. The van der Waals surface area contributed by atoms with Crippen molar-refractivity contribution in [3.63, 3.8) is 0 Å². The van der Waals surface area contributed by atoms with Crippen molar-refractivity contribution in [2.45, 2.75) is 26.2 Å².